The molecule has 2 aliphatic heterocycles. The SMILES string of the molecule is CCCOCCN1C[C@H]2CNC[C@H]2C1. The smallest absolute Gasteiger partial charge is 0.0593 e. The van der Waals surface area contributed by atoms with Gasteiger partial charge in [-0.15, -0.1) is 0 Å². The van der Waals surface area contributed by atoms with E-state index in [-0.39, 0.29) is 0 Å². The summed E-state index contributed by atoms with van der Waals surface area (Å²) in [4.78, 5) is 2.56. The Balaban J connectivity index is 1.60. The largest absolute Gasteiger partial charge is 0.380 e. The van der Waals surface area contributed by atoms with Crippen LogP contribution < -0.4 is 5.32 Å². The number of nitrogens with zero attached hydrogens (tertiary/aromatic N) is 1. The molecule has 3 heteroatoms. The second-order valence-corrected chi connectivity index (χ2v) is 4.55. The first-order chi connectivity index (χ1) is 6.90. The maximum atomic E-state index is 5.51. The number of ether oxygens (including phenoxy) is 1. The molecular formula is C11H22N2O. The summed E-state index contributed by atoms with van der Waals surface area (Å²) in [6.45, 7) is 10.2. The van der Waals surface area contributed by atoms with Gasteiger partial charge in [-0.05, 0) is 31.3 Å². The van der Waals surface area contributed by atoms with Gasteiger partial charge in [0.2, 0.25) is 0 Å². The van der Waals surface area contributed by atoms with Gasteiger partial charge < -0.3 is 15.0 Å². The van der Waals surface area contributed by atoms with Crippen LogP contribution in [-0.4, -0.2) is 50.8 Å². The molecule has 0 aromatic carbocycles. The van der Waals surface area contributed by atoms with Crippen LogP contribution in [0.25, 0.3) is 0 Å². The van der Waals surface area contributed by atoms with Crippen LogP contribution in [0.5, 0.6) is 0 Å². The standard InChI is InChI=1S/C11H22N2O/c1-2-4-14-5-3-13-8-10-6-12-7-11(10)9-13/h10-12H,2-9H2,1H3/t10-,11+. The molecule has 0 amide bonds. The Labute approximate surface area is 86.8 Å². The van der Waals surface area contributed by atoms with Crippen LogP contribution in [0.4, 0.5) is 0 Å². The highest BCUT2D eigenvalue weighted by molar-refractivity contribution is 4.90. The average Bonchev–Trinajstić information content (AvgIpc) is 2.72. The highest BCUT2D eigenvalue weighted by atomic mass is 16.5. The summed E-state index contributed by atoms with van der Waals surface area (Å²) in [5.41, 5.74) is 0. The summed E-state index contributed by atoms with van der Waals surface area (Å²) in [5, 5.41) is 3.46. The summed E-state index contributed by atoms with van der Waals surface area (Å²) >= 11 is 0. The molecule has 0 radical (unpaired) electrons. The maximum absolute atomic E-state index is 5.51. The first-order valence-corrected chi connectivity index (χ1v) is 5.91. The Bertz CT molecular complexity index is 163. The molecule has 2 rings (SSSR count). The lowest BCUT2D eigenvalue weighted by Gasteiger charge is -2.16. The summed E-state index contributed by atoms with van der Waals surface area (Å²) in [6.07, 6.45) is 1.13. The van der Waals surface area contributed by atoms with Gasteiger partial charge in [0.1, 0.15) is 0 Å². The minimum Gasteiger partial charge on any atom is -0.380 e. The van der Waals surface area contributed by atoms with E-state index in [1.807, 2.05) is 0 Å². The first kappa shape index (κ1) is 10.4. The molecule has 2 saturated heterocycles. The van der Waals surface area contributed by atoms with E-state index >= 15 is 0 Å². The van der Waals surface area contributed by atoms with Crippen molar-refractivity contribution in [1.82, 2.24) is 10.2 Å². The van der Waals surface area contributed by atoms with E-state index in [2.05, 4.69) is 17.1 Å². The third-order valence-corrected chi connectivity index (χ3v) is 3.37. The van der Waals surface area contributed by atoms with Gasteiger partial charge in [0.15, 0.2) is 0 Å². The van der Waals surface area contributed by atoms with Crippen LogP contribution in [0.15, 0.2) is 0 Å². The van der Waals surface area contributed by atoms with E-state index in [0.717, 1.165) is 38.0 Å². The molecule has 82 valence electrons. The maximum Gasteiger partial charge on any atom is 0.0593 e. The first-order valence-electron chi connectivity index (χ1n) is 5.91. The Kier molecular flexibility index (Phi) is 3.79. The monoisotopic (exact) mass is 198 g/mol. The van der Waals surface area contributed by atoms with Gasteiger partial charge in [0.05, 0.1) is 6.61 Å². The van der Waals surface area contributed by atoms with Crippen LogP contribution >= 0.6 is 0 Å². The molecule has 0 aromatic heterocycles. The minimum atomic E-state index is 0.917. The average molecular weight is 198 g/mol. The van der Waals surface area contributed by atoms with Gasteiger partial charge >= 0.3 is 0 Å². The molecule has 2 aliphatic rings. The number of hydrogen-bond donors (Lipinski definition) is 1. The van der Waals surface area contributed by atoms with Crippen molar-refractivity contribution in [2.45, 2.75) is 13.3 Å². The second kappa shape index (κ2) is 5.10. The van der Waals surface area contributed by atoms with Crippen LogP contribution in [0.3, 0.4) is 0 Å². The lowest BCUT2D eigenvalue weighted by Crippen LogP contribution is -2.29. The van der Waals surface area contributed by atoms with E-state index in [4.69, 9.17) is 4.74 Å². The van der Waals surface area contributed by atoms with Gasteiger partial charge in [-0.3, -0.25) is 0 Å². The van der Waals surface area contributed by atoms with Crippen LogP contribution in [0.1, 0.15) is 13.3 Å². The molecule has 0 unspecified atom stereocenters. The zero-order chi connectivity index (χ0) is 9.80. The van der Waals surface area contributed by atoms with E-state index < -0.39 is 0 Å². The van der Waals surface area contributed by atoms with Crippen molar-refractivity contribution < 1.29 is 4.74 Å². The van der Waals surface area contributed by atoms with Gasteiger partial charge in [0, 0.05) is 26.2 Å². The number of hydrogen-bond acceptors (Lipinski definition) is 3. The van der Waals surface area contributed by atoms with Crippen molar-refractivity contribution in [2.75, 3.05) is 45.9 Å². The quantitative estimate of drug-likeness (QED) is 0.653. The zero-order valence-electron chi connectivity index (χ0n) is 9.17. The van der Waals surface area contributed by atoms with Gasteiger partial charge in [-0.2, -0.15) is 0 Å². The fourth-order valence-electron chi connectivity index (χ4n) is 2.58. The minimum absolute atomic E-state index is 0.917. The lowest BCUT2D eigenvalue weighted by atomic mass is 10.0. The summed E-state index contributed by atoms with van der Waals surface area (Å²) in [7, 11) is 0. The highest BCUT2D eigenvalue weighted by Gasteiger charge is 2.35. The van der Waals surface area contributed by atoms with Crippen molar-refractivity contribution >= 4 is 0 Å². The molecular weight excluding hydrogens is 176 g/mol. The Hall–Kier alpha value is -0.120. The van der Waals surface area contributed by atoms with Gasteiger partial charge in [-0.25, -0.2) is 0 Å². The van der Waals surface area contributed by atoms with E-state index in [1.165, 1.54) is 26.2 Å². The summed E-state index contributed by atoms with van der Waals surface area (Å²) in [6, 6.07) is 0. The predicted octanol–water partition coefficient (Wildman–Crippen LogP) is 0.564. The van der Waals surface area contributed by atoms with Crippen LogP contribution in [0.2, 0.25) is 0 Å². The normalized spacial score (nSPS) is 32.4. The highest BCUT2D eigenvalue weighted by Crippen LogP contribution is 2.25. The molecule has 14 heavy (non-hydrogen) atoms. The number of fused-ring (bicyclic) bond motifs is 1. The molecule has 0 aliphatic carbocycles. The van der Waals surface area contributed by atoms with Gasteiger partial charge in [0.25, 0.3) is 0 Å². The predicted molar refractivity (Wildman–Crippen MR) is 57.4 cm³/mol. The Morgan fingerprint density at radius 3 is 2.57 bits per heavy atom. The van der Waals surface area contributed by atoms with Crippen molar-refractivity contribution in [1.29, 1.82) is 0 Å². The Morgan fingerprint density at radius 2 is 1.93 bits per heavy atom. The molecule has 3 nitrogen and oxygen atoms in total. The number of nitrogens with one attached hydrogen (secondary N) is 1. The molecule has 0 bridgehead atoms. The third kappa shape index (κ3) is 2.47. The van der Waals surface area contributed by atoms with Crippen molar-refractivity contribution in [3.8, 4) is 0 Å². The third-order valence-electron chi connectivity index (χ3n) is 3.37. The molecule has 2 fully saturated rings. The van der Waals surface area contributed by atoms with Crippen molar-refractivity contribution in [3.63, 3.8) is 0 Å². The van der Waals surface area contributed by atoms with E-state index in [1.54, 1.807) is 0 Å². The molecule has 2 heterocycles. The van der Waals surface area contributed by atoms with Gasteiger partial charge in [-0.1, -0.05) is 6.92 Å². The molecule has 0 aromatic rings. The molecule has 0 spiro atoms. The van der Waals surface area contributed by atoms with E-state index in [0.29, 0.717) is 0 Å². The van der Waals surface area contributed by atoms with Crippen LogP contribution in [0, 0.1) is 11.8 Å². The Morgan fingerprint density at radius 1 is 1.21 bits per heavy atom. The second-order valence-electron chi connectivity index (χ2n) is 4.55. The molecule has 2 atom stereocenters. The number of rotatable bonds is 5. The van der Waals surface area contributed by atoms with Crippen molar-refractivity contribution in [2.24, 2.45) is 11.8 Å². The summed E-state index contributed by atoms with van der Waals surface area (Å²) < 4.78 is 5.51. The van der Waals surface area contributed by atoms with E-state index in [9.17, 15) is 0 Å². The lowest BCUT2D eigenvalue weighted by molar-refractivity contribution is 0.109. The summed E-state index contributed by atoms with van der Waals surface area (Å²) in [5.74, 6) is 1.84. The fraction of sp³-hybridized carbons (Fsp3) is 1.00. The molecule has 0 saturated carbocycles. The fourth-order valence-corrected chi connectivity index (χ4v) is 2.58. The van der Waals surface area contributed by atoms with Crippen LogP contribution in [-0.2, 0) is 4.74 Å². The van der Waals surface area contributed by atoms with Crippen molar-refractivity contribution in [3.05, 3.63) is 0 Å². The molecule has 1 N–H and O–H groups in total. The zero-order valence-corrected chi connectivity index (χ0v) is 9.17. The number of likely N-dealkylation sites (tertiary alicyclic amines) is 1. The topological polar surface area (TPSA) is 24.5 Å².